The molecule has 3 heterocycles. The van der Waals surface area contributed by atoms with Crippen molar-refractivity contribution >= 4 is 5.91 Å². The monoisotopic (exact) mass is 454 g/mol. The van der Waals surface area contributed by atoms with Gasteiger partial charge in [0.1, 0.15) is 17.8 Å². The summed E-state index contributed by atoms with van der Waals surface area (Å²) in [5, 5.41) is 0. The van der Waals surface area contributed by atoms with Crippen LogP contribution in [0.25, 0.3) is 0 Å². The van der Waals surface area contributed by atoms with E-state index in [-0.39, 0.29) is 5.91 Å². The van der Waals surface area contributed by atoms with Gasteiger partial charge in [0.2, 0.25) is 0 Å². The highest BCUT2D eigenvalue weighted by Gasteiger charge is 2.22. The fourth-order valence-electron chi connectivity index (χ4n) is 4.24. The van der Waals surface area contributed by atoms with E-state index in [9.17, 15) is 4.79 Å². The quantitative estimate of drug-likeness (QED) is 0.441. The van der Waals surface area contributed by atoms with Crippen LogP contribution in [0.3, 0.4) is 0 Å². The summed E-state index contributed by atoms with van der Waals surface area (Å²) >= 11 is 0. The van der Waals surface area contributed by atoms with Crippen molar-refractivity contribution < 1.29 is 9.53 Å². The molecule has 1 saturated heterocycles. The van der Waals surface area contributed by atoms with E-state index in [1.54, 1.807) is 12.3 Å². The molecule has 0 atom stereocenters. The minimum atomic E-state index is 0.00507. The summed E-state index contributed by atoms with van der Waals surface area (Å²) in [5.41, 5.74) is 2.09. The SMILES string of the molecule is CC.CCC/C(C)=C\C1=CC(=O)N(CCCCN2CCC(c3ncccn3)CC2)C(C)=CO1. The van der Waals surface area contributed by atoms with Gasteiger partial charge < -0.3 is 14.5 Å². The summed E-state index contributed by atoms with van der Waals surface area (Å²) in [4.78, 5) is 25.9. The fraction of sp³-hybridized carbons (Fsp3) is 0.593. The highest BCUT2D eigenvalue weighted by Crippen LogP contribution is 2.25. The lowest BCUT2D eigenvalue weighted by molar-refractivity contribution is -0.124. The van der Waals surface area contributed by atoms with Crippen LogP contribution >= 0.6 is 0 Å². The number of likely N-dealkylation sites (tertiary alicyclic amines) is 1. The molecule has 6 nitrogen and oxygen atoms in total. The van der Waals surface area contributed by atoms with Crippen LogP contribution in [0.5, 0.6) is 0 Å². The number of nitrogens with zero attached hydrogens (tertiary/aromatic N) is 4. The number of hydrogen-bond donors (Lipinski definition) is 0. The molecule has 3 rings (SSSR count). The molecular formula is C27H42N4O2. The Morgan fingerprint density at radius 3 is 2.48 bits per heavy atom. The molecule has 0 N–H and O–H groups in total. The van der Waals surface area contributed by atoms with Crippen LogP contribution in [0.1, 0.15) is 84.9 Å². The average Bonchev–Trinajstić information content (AvgIpc) is 2.97. The maximum atomic E-state index is 12.7. The zero-order chi connectivity index (χ0) is 24.1. The van der Waals surface area contributed by atoms with Gasteiger partial charge in [0, 0.05) is 30.9 Å². The van der Waals surface area contributed by atoms with Gasteiger partial charge >= 0.3 is 0 Å². The molecule has 0 spiro atoms. The molecule has 182 valence electrons. The van der Waals surface area contributed by atoms with Crippen molar-refractivity contribution in [3.05, 3.63) is 59.7 Å². The van der Waals surface area contributed by atoms with Crippen LogP contribution < -0.4 is 0 Å². The van der Waals surface area contributed by atoms with E-state index < -0.39 is 0 Å². The number of piperidine rings is 1. The number of unbranched alkanes of at least 4 members (excludes halogenated alkanes) is 1. The van der Waals surface area contributed by atoms with Crippen LogP contribution in [0.2, 0.25) is 0 Å². The molecule has 1 fully saturated rings. The van der Waals surface area contributed by atoms with Crippen LogP contribution in [-0.2, 0) is 9.53 Å². The van der Waals surface area contributed by atoms with Gasteiger partial charge in [0.25, 0.3) is 5.91 Å². The maximum Gasteiger partial charge on any atom is 0.254 e. The third-order valence-electron chi connectivity index (χ3n) is 6.00. The maximum absolute atomic E-state index is 12.7. The third kappa shape index (κ3) is 8.77. The average molecular weight is 455 g/mol. The molecule has 1 aromatic heterocycles. The van der Waals surface area contributed by atoms with Gasteiger partial charge in [-0.25, -0.2) is 9.97 Å². The largest absolute Gasteiger partial charge is 0.463 e. The Bertz CT molecular complexity index is 809. The summed E-state index contributed by atoms with van der Waals surface area (Å²) in [6.07, 6.45) is 15.3. The Morgan fingerprint density at radius 1 is 1.15 bits per heavy atom. The lowest BCUT2D eigenvalue weighted by Crippen LogP contribution is -2.34. The number of rotatable bonds is 9. The Morgan fingerprint density at radius 2 is 1.82 bits per heavy atom. The van der Waals surface area contributed by atoms with E-state index in [4.69, 9.17) is 4.74 Å². The molecule has 0 radical (unpaired) electrons. The second kappa shape index (κ2) is 14.6. The minimum Gasteiger partial charge on any atom is -0.463 e. The van der Waals surface area contributed by atoms with Crippen molar-refractivity contribution in [1.29, 1.82) is 0 Å². The van der Waals surface area contributed by atoms with E-state index in [0.29, 0.717) is 11.7 Å². The fourth-order valence-corrected chi connectivity index (χ4v) is 4.24. The van der Waals surface area contributed by atoms with E-state index in [1.165, 1.54) is 5.57 Å². The molecule has 2 aliphatic heterocycles. The van der Waals surface area contributed by atoms with Gasteiger partial charge in [0.15, 0.2) is 0 Å². The summed E-state index contributed by atoms with van der Waals surface area (Å²) in [6.45, 7) is 14.1. The second-order valence-electron chi connectivity index (χ2n) is 8.58. The van der Waals surface area contributed by atoms with Crippen molar-refractivity contribution in [2.45, 2.75) is 79.1 Å². The van der Waals surface area contributed by atoms with Crippen molar-refractivity contribution in [1.82, 2.24) is 19.8 Å². The van der Waals surface area contributed by atoms with Crippen LogP contribution in [0.15, 0.2) is 53.9 Å². The number of amides is 1. The second-order valence-corrected chi connectivity index (χ2v) is 8.58. The van der Waals surface area contributed by atoms with Crippen LogP contribution in [-0.4, -0.2) is 51.9 Å². The van der Waals surface area contributed by atoms with E-state index in [2.05, 4.69) is 28.7 Å². The highest BCUT2D eigenvalue weighted by molar-refractivity contribution is 5.90. The van der Waals surface area contributed by atoms with Crippen molar-refractivity contribution in [3.8, 4) is 0 Å². The number of allylic oxidation sites excluding steroid dienone is 3. The Labute approximate surface area is 200 Å². The first kappa shape index (κ1) is 26.8. The van der Waals surface area contributed by atoms with E-state index in [1.807, 2.05) is 50.2 Å². The smallest absolute Gasteiger partial charge is 0.254 e. The molecule has 0 aliphatic carbocycles. The molecule has 0 saturated carbocycles. The third-order valence-corrected chi connectivity index (χ3v) is 6.00. The predicted octanol–water partition coefficient (Wildman–Crippen LogP) is 5.81. The number of ether oxygens (including phenoxy) is 1. The molecule has 0 aromatic carbocycles. The van der Waals surface area contributed by atoms with E-state index >= 15 is 0 Å². The van der Waals surface area contributed by atoms with Crippen molar-refractivity contribution in [3.63, 3.8) is 0 Å². The Hall–Kier alpha value is -2.47. The van der Waals surface area contributed by atoms with Crippen LogP contribution in [0.4, 0.5) is 0 Å². The summed E-state index contributed by atoms with van der Waals surface area (Å²) in [5.74, 6) is 2.10. The first-order valence-corrected chi connectivity index (χ1v) is 12.6. The van der Waals surface area contributed by atoms with Gasteiger partial charge in [-0.1, -0.05) is 32.8 Å². The van der Waals surface area contributed by atoms with Crippen molar-refractivity contribution in [2.24, 2.45) is 0 Å². The molecule has 0 unspecified atom stereocenters. The molecule has 0 bridgehead atoms. The first-order valence-electron chi connectivity index (χ1n) is 12.6. The standard InChI is InChI=1S/C25H36N4O2.C2H6/c1-4-8-20(2)17-23-18-24(30)29(21(3)19-31-23)14-6-5-13-28-15-9-22(10-16-28)25-26-11-7-12-27-25;1-2/h7,11-12,17-19,22H,4-6,8-10,13-16H2,1-3H3;1-2H3/b20-17-;. The number of carbonyl (C=O) groups is 1. The predicted molar refractivity (Wildman–Crippen MR) is 134 cm³/mol. The highest BCUT2D eigenvalue weighted by atomic mass is 16.5. The van der Waals surface area contributed by atoms with Gasteiger partial charge in [0.05, 0.1) is 5.70 Å². The molecule has 2 aliphatic rings. The normalized spacial score (nSPS) is 18.0. The molecule has 6 heteroatoms. The summed E-state index contributed by atoms with van der Waals surface area (Å²) in [7, 11) is 0. The van der Waals surface area contributed by atoms with Gasteiger partial charge in [-0.3, -0.25) is 4.79 Å². The molecule has 33 heavy (non-hydrogen) atoms. The topological polar surface area (TPSA) is 58.6 Å². The van der Waals surface area contributed by atoms with Gasteiger partial charge in [-0.2, -0.15) is 0 Å². The minimum absolute atomic E-state index is 0.00507. The summed E-state index contributed by atoms with van der Waals surface area (Å²) < 4.78 is 5.72. The zero-order valence-corrected chi connectivity index (χ0v) is 21.2. The van der Waals surface area contributed by atoms with Gasteiger partial charge in [-0.15, -0.1) is 0 Å². The molecule has 1 amide bonds. The van der Waals surface area contributed by atoms with Crippen molar-refractivity contribution in [2.75, 3.05) is 26.2 Å². The Balaban J connectivity index is 0.00000187. The Kier molecular flexibility index (Phi) is 11.9. The summed E-state index contributed by atoms with van der Waals surface area (Å²) in [6, 6.07) is 1.87. The zero-order valence-electron chi connectivity index (χ0n) is 21.2. The lowest BCUT2D eigenvalue weighted by Gasteiger charge is -2.31. The van der Waals surface area contributed by atoms with Gasteiger partial charge in [-0.05, 0) is 77.7 Å². The number of hydrogen-bond acceptors (Lipinski definition) is 5. The number of carbonyl (C=O) groups excluding carboxylic acids is 1. The van der Waals surface area contributed by atoms with Crippen LogP contribution in [0, 0.1) is 0 Å². The first-order chi connectivity index (χ1) is 16.1. The lowest BCUT2D eigenvalue weighted by atomic mass is 9.96. The number of aromatic nitrogens is 2. The molecular weight excluding hydrogens is 412 g/mol. The van der Waals surface area contributed by atoms with E-state index in [0.717, 1.165) is 76.2 Å². The molecule has 1 aromatic rings.